The Morgan fingerprint density at radius 2 is 2.17 bits per heavy atom. The fourth-order valence-corrected chi connectivity index (χ4v) is 1.82. The molecule has 6 heteroatoms. The summed E-state index contributed by atoms with van der Waals surface area (Å²) in [5.41, 5.74) is 1.07. The van der Waals surface area contributed by atoms with Crippen molar-refractivity contribution in [3.05, 3.63) is 28.2 Å². The normalized spacial score (nSPS) is 11.7. The highest BCUT2D eigenvalue weighted by Gasteiger charge is 2.14. The van der Waals surface area contributed by atoms with Gasteiger partial charge in [0.25, 0.3) is 5.91 Å². The molecule has 1 aromatic carbocycles. The highest BCUT2D eigenvalue weighted by Crippen LogP contribution is 2.25. The Labute approximate surface area is 113 Å². The molecule has 0 aliphatic heterocycles. The first-order valence-corrected chi connectivity index (χ1v) is 6.10. The molecule has 0 saturated carbocycles. The zero-order chi connectivity index (χ0) is 13.7. The van der Waals surface area contributed by atoms with Gasteiger partial charge in [0.1, 0.15) is 11.8 Å². The summed E-state index contributed by atoms with van der Waals surface area (Å²) in [6.07, 6.45) is 0. The van der Waals surface area contributed by atoms with E-state index in [2.05, 4.69) is 21.2 Å². The number of nitrogens with one attached hydrogen (secondary N) is 1. The molecule has 0 aliphatic carbocycles. The Hall–Kier alpha value is -1.56. The van der Waals surface area contributed by atoms with Gasteiger partial charge in [0.05, 0.1) is 4.47 Å². The molecule has 1 rings (SSSR count). The highest BCUT2D eigenvalue weighted by molar-refractivity contribution is 9.10. The number of aliphatic carboxylic acids is 1. The molecule has 5 nitrogen and oxygen atoms in total. The van der Waals surface area contributed by atoms with E-state index in [1.165, 1.54) is 6.92 Å². The van der Waals surface area contributed by atoms with Gasteiger partial charge in [-0.05, 0) is 47.5 Å². The maximum absolute atomic E-state index is 11.4. The Bertz CT molecular complexity index is 461. The van der Waals surface area contributed by atoms with Crippen molar-refractivity contribution in [2.45, 2.75) is 19.9 Å². The summed E-state index contributed by atoms with van der Waals surface area (Å²) in [5.74, 6) is -1.02. The number of aryl methyl sites for hydroxylation is 1. The number of carboxylic acids is 1. The summed E-state index contributed by atoms with van der Waals surface area (Å²) in [6.45, 7) is 3.11. The van der Waals surface area contributed by atoms with Crippen molar-refractivity contribution < 1.29 is 19.4 Å². The number of rotatable bonds is 5. The van der Waals surface area contributed by atoms with E-state index in [4.69, 9.17) is 9.84 Å². The zero-order valence-corrected chi connectivity index (χ0v) is 11.7. The van der Waals surface area contributed by atoms with E-state index in [0.29, 0.717) is 5.75 Å². The number of hydrogen-bond donors (Lipinski definition) is 2. The minimum absolute atomic E-state index is 0.223. The van der Waals surface area contributed by atoms with Crippen LogP contribution in [-0.2, 0) is 9.59 Å². The van der Waals surface area contributed by atoms with Crippen molar-refractivity contribution in [1.82, 2.24) is 5.32 Å². The zero-order valence-electron chi connectivity index (χ0n) is 10.1. The van der Waals surface area contributed by atoms with Gasteiger partial charge in [0.15, 0.2) is 6.61 Å². The van der Waals surface area contributed by atoms with E-state index >= 15 is 0 Å². The molecule has 0 heterocycles. The van der Waals surface area contributed by atoms with Crippen LogP contribution in [0, 0.1) is 6.92 Å². The molecule has 0 bridgehead atoms. The van der Waals surface area contributed by atoms with Crippen LogP contribution in [0.15, 0.2) is 22.7 Å². The summed E-state index contributed by atoms with van der Waals surface area (Å²) < 4.78 is 6.03. The number of carbonyl (C=O) groups excluding carboxylic acids is 1. The van der Waals surface area contributed by atoms with Gasteiger partial charge in [-0.2, -0.15) is 0 Å². The minimum Gasteiger partial charge on any atom is -0.483 e. The molecule has 0 spiro atoms. The third kappa shape index (κ3) is 4.37. The second kappa shape index (κ2) is 6.39. The number of halogens is 1. The number of amides is 1. The first-order valence-electron chi connectivity index (χ1n) is 5.31. The average molecular weight is 316 g/mol. The summed E-state index contributed by atoms with van der Waals surface area (Å²) >= 11 is 3.32. The minimum atomic E-state index is -1.08. The predicted octanol–water partition coefficient (Wildman–Crippen LogP) is 1.73. The second-order valence-corrected chi connectivity index (χ2v) is 4.70. The SMILES string of the molecule is Cc1ccc(OCC(=O)NC(C)C(=O)O)c(Br)c1. The van der Waals surface area contributed by atoms with Gasteiger partial charge < -0.3 is 15.2 Å². The molecule has 1 unspecified atom stereocenters. The fraction of sp³-hybridized carbons (Fsp3) is 0.333. The van der Waals surface area contributed by atoms with Crippen molar-refractivity contribution in [2.24, 2.45) is 0 Å². The quantitative estimate of drug-likeness (QED) is 0.867. The van der Waals surface area contributed by atoms with E-state index in [0.717, 1.165) is 10.0 Å². The smallest absolute Gasteiger partial charge is 0.325 e. The standard InChI is InChI=1S/C12H14BrNO4/c1-7-3-4-10(9(13)5-7)18-6-11(15)14-8(2)12(16)17/h3-5,8H,6H2,1-2H3,(H,14,15)(H,16,17). The lowest BCUT2D eigenvalue weighted by Gasteiger charge is -2.11. The highest BCUT2D eigenvalue weighted by atomic mass is 79.9. The molecule has 98 valence electrons. The van der Waals surface area contributed by atoms with E-state index < -0.39 is 17.9 Å². The average Bonchev–Trinajstić information content (AvgIpc) is 2.27. The van der Waals surface area contributed by atoms with Gasteiger partial charge in [0.2, 0.25) is 0 Å². The van der Waals surface area contributed by atoms with Crippen LogP contribution in [-0.4, -0.2) is 29.6 Å². The van der Waals surface area contributed by atoms with E-state index in [-0.39, 0.29) is 6.61 Å². The first-order chi connectivity index (χ1) is 8.40. The third-order valence-corrected chi connectivity index (χ3v) is 2.81. The maximum atomic E-state index is 11.4. The Balaban J connectivity index is 2.50. The van der Waals surface area contributed by atoms with Crippen LogP contribution in [0.4, 0.5) is 0 Å². The maximum Gasteiger partial charge on any atom is 0.325 e. The molecule has 1 atom stereocenters. The lowest BCUT2D eigenvalue weighted by molar-refractivity contribution is -0.141. The summed E-state index contributed by atoms with van der Waals surface area (Å²) in [4.78, 5) is 21.9. The van der Waals surface area contributed by atoms with Crippen LogP contribution >= 0.6 is 15.9 Å². The monoisotopic (exact) mass is 315 g/mol. The van der Waals surface area contributed by atoms with Crippen LogP contribution in [0.1, 0.15) is 12.5 Å². The van der Waals surface area contributed by atoms with Gasteiger partial charge in [0, 0.05) is 0 Å². The molecular weight excluding hydrogens is 302 g/mol. The van der Waals surface area contributed by atoms with Crippen molar-refractivity contribution >= 4 is 27.8 Å². The van der Waals surface area contributed by atoms with Crippen molar-refractivity contribution in [3.63, 3.8) is 0 Å². The number of hydrogen-bond acceptors (Lipinski definition) is 3. The van der Waals surface area contributed by atoms with Crippen LogP contribution in [0.5, 0.6) is 5.75 Å². The van der Waals surface area contributed by atoms with Crippen LogP contribution in [0.3, 0.4) is 0 Å². The number of benzene rings is 1. The lowest BCUT2D eigenvalue weighted by atomic mass is 10.2. The fourth-order valence-electron chi connectivity index (χ4n) is 1.21. The molecule has 2 N–H and O–H groups in total. The lowest BCUT2D eigenvalue weighted by Crippen LogP contribution is -2.40. The first kappa shape index (κ1) is 14.5. The summed E-state index contributed by atoms with van der Waals surface area (Å²) in [7, 11) is 0. The van der Waals surface area contributed by atoms with Gasteiger partial charge in [-0.25, -0.2) is 0 Å². The Morgan fingerprint density at radius 1 is 1.50 bits per heavy atom. The summed E-state index contributed by atoms with van der Waals surface area (Å²) in [6, 6.07) is 4.54. The van der Waals surface area contributed by atoms with Crippen molar-refractivity contribution in [3.8, 4) is 5.75 Å². The molecule has 1 aromatic rings. The molecule has 1 amide bonds. The van der Waals surface area contributed by atoms with Gasteiger partial charge in [-0.3, -0.25) is 9.59 Å². The Kier molecular flexibility index (Phi) is 5.15. The molecule has 0 saturated heterocycles. The molecule has 0 fully saturated rings. The number of ether oxygens (including phenoxy) is 1. The van der Waals surface area contributed by atoms with Gasteiger partial charge in [-0.15, -0.1) is 0 Å². The van der Waals surface area contributed by atoms with E-state index in [9.17, 15) is 9.59 Å². The van der Waals surface area contributed by atoms with Crippen molar-refractivity contribution in [1.29, 1.82) is 0 Å². The molecule has 0 aromatic heterocycles. The van der Waals surface area contributed by atoms with Crippen LogP contribution in [0.2, 0.25) is 0 Å². The van der Waals surface area contributed by atoms with Gasteiger partial charge in [-0.1, -0.05) is 6.07 Å². The van der Waals surface area contributed by atoms with Crippen molar-refractivity contribution in [2.75, 3.05) is 6.61 Å². The third-order valence-electron chi connectivity index (χ3n) is 2.19. The largest absolute Gasteiger partial charge is 0.483 e. The van der Waals surface area contributed by atoms with E-state index in [1.807, 2.05) is 19.1 Å². The molecular formula is C12H14BrNO4. The molecule has 0 radical (unpaired) electrons. The second-order valence-electron chi connectivity index (χ2n) is 3.85. The topological polar surface area (TPSA) is 75.6 Å². The van der Waals surface area contributed by atoms with Crippen LogP contribution in [0.25, 0.3) is 0 Å². The predicted molar refractivity (Wildman–Crippen MR) is 69.6 cm³/mol. The number of carbonyl (C=O) groups is 2. The van der Waals surface area contributed by atoms with Gasteiger partial charge >= 0.3 is 5.97 Å². The summed E-state index contributed by atoms with van der Waals surface area (Å²) in [5, 5.41) is 10.9. The van der Waals surface area contributed by atoms with Crippen LogP contribution < -0.4 is 10.1 Å². The molecule has 18 heavy (non-hydrogen) atoms. The molecule has 0 aliphatic rings. The van der Waals surface area contributed by atoms with E-state index in [1.54, 1.807) is 6.07 Å². The number of carboxylic acid groups (broad SMARTS) is 1. The Morgan fingerprint density at radius 3 is 2.72 bits per heavy atom.